The number of nitrogens with two attached hydrogens (primary N) is 1. The standard InChI is InChI=1S/C28H29F2N3O5/c1-2-24(28(35)36)38-27-23(30)14-22(29)26(33-27)37-21-12-19(18-9-5-6-16(10-18)15-31)11-20(13-21)32-25(34)17-7-3-4-8-17/h5-6,9-14,17,24H,2-4,7-8,15,31H2,1H3,(H,32,34)(H,35,36). The van der Waals surface area contributed by atoms with Gasteiger partial charge in [-0.2, -0.15) is 4.98 Å². The number of carbonyl (C=O) groups is 2. The van der Waals surface area contributed by atoms with E-state index in [2.05, 4.69) is 10.3 Å². The number of rotatable bonds is 10. The first-order valence-corrected chi connectivity index (χ1v) is 12.5. The van der Waals surface area contributed by atoms with Crippen LogP contribution < -0.4 is 20.5 Å². The van der Waals surface area contributed by atoms with E-state index in [0.29, 0.717) is 23.9 Å². The van der Waals surface area contributed by atoms with E-state index in [1.807, 2.05) is 24.3 Å². The molecule has 2 aromatic carbocycles. The monoisotopic (exact) mass is 525 g/mol. The van der Waals surface area contributed by atoms with Gasteiger partial charge in [0.15, 0.2) is 17.7 Å². The van der Waals surface area contributed by atoms with Gasteiger partial charge in [0.2, 0.25) is 5.91 Å². The highest BCUT2D eigenvalue weighted by molar-refractivity contribution is 5.93. The van der Waals surface area contributed by atoms with Crippen LogP contribution in [0.3, 0.4) is 0 Å². The summed E-state index contributed by atoms with van der Waals surface area (Å²) in [5.74, 6) is -4.95. The molecular formula is C28H29F2N3O5. The Labute approximate surface area is 218 Å². The molecule has 0 saturated heterocycles. The summed E-state index contributed by atoms with van der Waals surface area (Å²) in [6.45, 7) is 1.88. The second-order valence-corrected chi connectivity index (χ2v) is 9.14. The van der Waals surface area contributed by atoms with E-state index in [0.717, 1.165) is 36.8 Å². The largest absolute Gasteiger partial charge is 0.479 e. The third-order valence-electron chi connectivity index (χ3n) is 6.38. The fourth-order valence-corrected chi connectivity index (χ4v) is 4.35. The number of amides is 1. The molecule has 4 N–H and O–H groups in total. The minimum Gasteiger partial charge on any atom is -0.479 e. The fourth-order valence-electron chi connectivity index (χ4n) is 4.35. The van der Waals surface area contributed by atoms with Gasteiger partial charge >= 0.3 is 5.97 Å². The lowest BCUT2D eigenvalue weighted by Gasteiger charge is -2.16. The number of pyridine rings is 1. The van der Waals surface area contributed by atoms with Gasteiger partial charge in [-0.25, -0.2) is 13.6 Å². The molecule has 0 bridgehead atoms. The molecule has 1 aromatic heterocycles. The zero-order valence-electron chi connectivity index (χ0n) is 20.9. The molecule has 1 fully saturated rings. The maximum absolute atomic E-state index is 14.6. The maximum Gasteiger partial charge on any atom is 0.344 e. The number of anilines is 1. The normalized spacial score (nSPS) is 14.2. The summed E-state index contributed by atoms with van der Waals surface area (Å²) in [4.78, 5) is 27.9. The van der Waals surface area contributed by atoms with Crippen LogP contribution >= 0.6 is 0 Å². The summed E-state index contributed by atoms with van der Waals surface area (Å²) in [6, 6.07) is 12.9. The van der Waals surface area contributed by atoms with Gasteiger partial charge < -0.3 is 25.6 Å². The van der Waals surface area contributed by atoms with E-state index in [1.54, 1.807) is 19.1 Å². The molecule has 0 radical (unpaired) electrons. The molecule has 0 aliphatic heterocycles. The van der Waals surface area contributed by atoms with Crippen LogP contribution in [0.4, 0.5) is 14.5 Å². The average molecular weight is 526 g/mol. The van der Waals surface area contributed by atoms with Gasteiger partial charge in [0.05, 0.1) is 0 Å². The zero-order chi connectivity index (χ0) is 27.2. The quantitative estimate of drug-likeness (QED) is 0.313. The number of aromatic nitrogens is 1. The van der Waals surface area contributed by atoms with Crippen LogP contribution in [-0.2, 0) is 16.1 Å². The predicted octanol–water partition coefficient (Wildman–Crippen LogP) is 5.65. The Bertz CT molecular complexity index is 1330. The number of halogens is 2. The van der Waals surface area contributed by atoms with E-state index in [9.17, 15) is 23.5 Å². The van der Waals surface area contributed by atoms with Crippen LogP contribution in [0.2, 0.25) is 0 Å². The summed E-state index contributed by atoms with van der Waals surface area (Å²) in [7, 11) is 0. The van der Waals surface area contributed by atoms with Gasteiger partial charge in [0.25, 0.3) is 11.8 Å². The van der Waals surface area contributed by atoms with Crippen LogP contribution in [0, 0.1) is 17.6 Å². The number of benzene rings is 2. The Kier molecular flexibility index (Phi) is 8.52. The third kappa shape index (κ3) is 6.44. The first kappa shape index (κ1) is 27.0. The molecule has 0 spiro atoms. The lowest BCUT2D eigenvalue weighted by Crippen LogP contribution is -2.26. The second-order valence-electron chi connectivity index (χ2n) is 9.14. The summed E-state index contributed by atoms with van der Waals surface area (Å²) in [5.41, 5.74) is 8.57. The molecule has 1 unspecified atom stereocenters. The Balaban J connectivity index is 1.69. The van der Waals surface area contributed by atoms with E-state index in [-0.39, 0.29) is 24.0 Å². The topological polar surface area (TPSA) is 124 Å². The highest BCUT2D eigenvalue weighted by Crippen LogP contribution is 2.34. The van der Waals surface area contributed by atoms with Crippen molar-refractivity contribution in [1.29, 1.82) is 0 Å². The highest BCUT2D eigenvalue weighted by atomic mass is 19.1. The van der Waals surface area contributed by atoms with Gasteiger partial charge in [-0.3, -0.25) is 4.79 Å². The van der Waals surface area contributed by atoms with Crippen LogP contribution in [0.15, 0.2) is 48.5 Å². The Morgan fingerprint density at radius 2 is 1.82 bits per heavy atom. The van der Waals surface area contributed by atoms with Crippen molar-refractivity contribution in [2.45, 2.75) is 51.7 Å². The van der Waals surface area contributed by atoms with E-state index in [1.165, 1.54) is 6.07 Å². The SMILES string of the molecule is CCC(Oc1nc(Oc2cc(NC(=O)C3CCCC3)cc(-c3cccc(CN)c3)c2)c(F)cc1F)C(=O)O. The van der Waals surface area contributed by atoms with Crippen molar-refractivity contribution in [2.24, 2.45) is 11.7 Å². The van der Waals surface area contributed by atoms with Gasteiger partial charge in [-0.05, 0) is 54.2 Å². The Morgan fingerprint density at radius 1 is 1.08 bits per heavy atom. The van der Waals surface area contributed by atoms with Gasteiger partial charge in [-0.15, -0.1) is 0 Å². The van der Waals surface area contributed by atoms with Crippen LogP contribution in [-0.4, -0.2) is 28.1 Å². The molecule has 1 aliphatic carbocycles. The molecule has 4 rings (SSSR count). The number of carbonyl (C=O) groups excluding carboxylic acids is 1. The summed E-state index contributed by atoms with van der Waals surface area (Å²) >= 11 is 0. The molecule has 1 heterocycles. The molecule has 38 heavy (non-hydrogen) atoms. The number of carboxylic acids is 1. The fraction of sp³-hybridized carbons (Fsp3) is 0.321. The molecule has 1 aliphatic rings. The lowest BCUT2D eigenvalue weighted by atomic mass is 10.0. The predicted molar refractivity (Wildman–Crippen MR) is 137 cm³/mol. The summed E-state index contributed by atoms with van der Waals surface area (Å²) < 4.78 is 39.8. The summed E-state index contributed by atoms with van der Waals surface area (Å²) in [6.07, 6.45) is 2.30. The number of carboxylic acid groups (broad SMARTS) is 1. The molecule has 1 saturated carbocycles. The number of hydrogen-bond donors (Lipinski definition) is 3. The smallest absolute Gasteiger partial charge is 0.344 e. The highest BCUT2D eigenvalue weighted by Gasteiger charge is 2.24. The van der Waals surface area contributed by atoms with Crippen LogP contribution in [0.25, 0.3) is 11.1 Å². The van der Waals surface area contributed by atoms with E-state index < -0.39 is 35.5 Å². The van der Waals surface area contributed by atoms with Gasteiger partial charge in [0, 0.05) is 30.3 Å². The molecule has 1 atom stereocenters. The maximum atomic E-state index is 14.6. The van der Waals surface area contributed by atoms with Crippen LogP contribution in [0.1, 0.15) is 44.6 Å². The molecule has 200 valence electrons. The molecule has 8 nitrogen and oxygen atoms in total. The lowest BCUT2D eigenvalue weighted by molar-refractivity contribution is -0.145. The molecule has 1 amide bonds. The molecule has 10 heteroatoms. The van der Waals surface area contributed by atoms with Crippen molar-refractivity contribution in [3.8, 4) is 28.6 Å². The Hall–Kier alpha value is -4.05. The minimum absolute atomic E-state index is 0.0397. The van der Waals surface area contributed by atoms with Gasteiger partial charge in [-0.1, -0.05) is 38.0 Å². The average Bonchev–Trinajstić information content (AvgIpc) is 3.45. The number of aliphatic carboxylic acids is 1. The van der Waals surface area contributed by atoms with Crippen molar-refractivity contribution in [1.82, 2.24) is 4.98 Å². The third-order valence-corrected chi connectivity index (χ3v) is 6.38. The van der Waals surface area contributed by atoms with E-state index in [4.69, 9.17) is 15.2 Å². The molecule has 3 aromatic rings. The second kappa shape index (κ2) is 12.0. The van der Waals surface area contributed by atoms with Crippen molar-refractivity contribution in [3.05, 3.63) is 65.7 Å². The summed E-state index contributed by atoms with van der Waals surface area (Å²) in [5, 5.41) is 12.1. The van der Waals surface area contributed by atoms with Gasteiger partial charge in [0.1, 0.15) is 5.75 Å². The van der Waals surface area contributed by atoms with Crippen molar-refractivity contribution < 1.29 is 33.0 Å². The number of hydrogen-bond acceptors (Lipinski definition) is 6. The number of ether oxygens (including phenoxy) is 2. The zero-order valence-corrected chi connectivity index (χ0v) is 20.9. The minimum atomic E-state index is -1.37. The first-order chi connectivity index (χ1) is 18.3. The van der Waals surface area contributed by atoms with E-state index >= 15 is 0 Å². The van der Waals surface area contributed by atoms with Crippen molar-refractivity contribution in [3.63, 3.8) is 0 Å². The number of nitrogens with zero attached hydrogens (tertiary/aromatic N) is 1. The first-order valence-electron chi connectivity index (χ1n) is 12.5. The Morgan fingerprint density at radius 3 is 2.50 bits per heavy atom. The molecular weight excluding hydrogens is 496 g/mol. The van der Waals surface area contributed by atoms with Crippen molar-refractivity contribution >= 4 is 17.6 Å². The van der Waals surface area contributed by atoms with Crippen molar-refractivity contribution in [2.75, 3.05) is 5.32 Å². The van der Waals surface area contributed by atoms with Crippen LogP contribution in [0.5, 0.6) is 17.5 Å². The number of nitrogens with one attached hydrogen (secondary N) is 1.